The Kier molecular flexibility index (Phi) is 6.91. The summed E-state index contributed by atoms with van der Waals surface area (Å²) in [7, 11) is 1.66. The lowest BCUT2D eigenvalue weighted by Gasteiger charge is -2.64. The maximum Gasteiger partial charge on any atom is 0.314 e. The third kappa shape index (κ3) is 3.79. The molecule has 2 unspecified atom stereocenters. The maximum atomic E-state index is 11.8. The zero-order valence-corrected chi connectivity index (χ0v) is 21.1. The van der Waals surface area contributed by atoms with Crippen molar-refractivity contribution in [2.75, 3.05) is 13.6 Å². The first-order chi connectivity index (χ1) is 15.2. The summed E-state index contributed by atoms with van der Waals surface area (Å²) in [6.45, 7) is 10.4. The number of amides is 2. The summed E-state index contributed by atoms with van der Waals surface area (Å²) >= 11 is 0. The predicted molar refractivity (Wildman–Crippen MR) is 128 cm³/mol. The third-order valence-electron chi connectivity index (χ3n) is 11.3. The SMILES string of the molecule is CC[C@@H]1C2C[C@H](O)CC[C@]2(C)[C@H]2CC[C@]3(C)[C@@H]([C@H](C)CCNC(=O)NC)CC[C@H]3C2[C@@H]1O. The van der Waals surface area contributed by atoms with E-state index in [2.05, 4.69) is 38.3 Å². The van der Waals surface area contributed by atoms with E-state index >= 15 is 0 Å². The number of fused-ring (bicyclic) bond motifs is 5. The number of hydrogen-bond acceptors (Lipinski definition) is 3. The third-order valence-corrected chi connectivity index (χ3v) is 11.3. The van der Waals surface area contributed by atoms with Gasteiger partial charge in [0.1, 0.15) is 0 Å². The number of urea groups is 1. The molecule has 32 heavy (non-hydrogen) atoms. The zero-order chi connectivity index (χ0) is 23.3. The smallest absolute Gasteiger partial charge is 0.314 e. The number of hydrogen-bond donors (Lipinski definition) is 4. The maximum absolute atomic E-state index is 11.8. The lowest BCUT2D eigenvalue weighted by atomic mass is 9.41. The summed E-state index contributed by atoms with van der Waals surface area (Å²) in [5.41, 5.74) is 0.566. The Morgan fingerprint density at radius 1 is 1.03 bits per heavy atom. The average Bonchev–Trinajstić information content (AvgIpc) is 3.12. The molecule has 4 N–H and O–H groups in total. The van der Waals surface area contributed by atoms with Crippen LogP contribution in [0.5, 0.6) is 0 Å². The largest absolute Gasteiger partial charge is 0.393 e. The second-order valence-electron chi connectivity index (χ2n) is 12.4. The molecule has 0 aromatic rings. The number of carbonyl (C=O) groups is 1. The van der Waals surface area contributed by atoms with E-state index in [-0.39, 0.29) is 23.7 Å². The fourth-order valence-electron chi connectivity index (χ4n) is 9.64. The van der Waals surface area contributed by atoms with Gasteiger partial charge in [-0.2, -0.15) is 0 Å². The molecule has 0 radical (unpaired) electrons. The van der Waals surface area contributed by atoms with Gasteiger partial charge in [-0.3, -0.25) is 0 Å². The minimum atomic E-state index is -0.220. The molecule has 4 aliphatic carbocycles. The molecule has 0 bridgehead atoms. The Bertz CT molecular complexity index is 686. The highest BCUT2D eigenvalue weighted by atomic mass is 16.3. The molecule has 4 saturated carbocycles. The van der Waals surface area contributed by atoms with E-state index in [1.807, 2.05) is 0 Å². The Morgan fingerprint density at radius 2 is 1.72 bits per heavy atom. The fourth-order valence-corrected chi connectivity index (χ4v) is 9.64. The van der Waals surface area contributed by atoms with Crippen LogP contribution in [0, 0.1) is 52.3 Å². The van der Waals surface area contributed by atoms with Crippen molar-refractivity contribution >= 4 is 6.03 Å². The van der Waals surface area contributed by atoms with Crippen LogP contribution in [0.1, 0.15) is 85.5 Å². The first-order valence-electron chi connectivity index (χ1n) is 13.5. The topological polar surface area (TPSA) is 81.6 Å². The van der Waals surface area contributed by atoms with Crippen LogP contribution >= 0.6 is 0 Å². The predicted octanol–water partition coefficient (Wildman–Crippen LogP) is 4.57. The van der Waals surface area contributed by atoms with Gasteiger partial charge in [0, 0.05) is 13.6 Å². The molecule has 4 fully saturated rings. The Hall–Kier alpha value is -0.810. The second kappa shape index (κ2) is 9.09. The highest BCUT2D eigenvalue weighted by molar-refractivity contribution is 5.73. The van der Waals surface area contributed by atoms with E-state index in [1.54, 1.807) is 7.05 Å². The minimum Gasteiger partial charge on any atom is -0.393 e. The van der Waals surface area contributed by atoms with Crippen LogP contribution in [0.15, 0.2) is 0 Å². The number of aliphatic hydroxyl groups is 2. The van der Waals surface area contributed by atoms with E-state index in [4.69, 9.17) is 0 Å². The molecule has 4 aliphatic rings. The number of rotatable bonds is 5. The van der Waals surface area contributed by atoms with Crippen LogP contribution in [-0.2, 0) is 0 Å². The van der Waals surface area contributed by atoms with Gasteiger partial charge >= 0.3 is 6.03 Å². The van der Waals surface area contributed by atoms with Crippen LogP contribution in [0.2, 0.25) is 0 Å². The second-order valence-corrected chi connectivity index (χ2v) is 12.4. The van der Waals surface area contributed by atoms with Crippen molar-refractivity contribution in [3.8, 4) is 0 Å². The van der Waals surface area contributed by atoms with Gasteiger partial charge in [-0.1, -0.05) is 34.1 Å². The molecule has 0 heterocycles. The van der Waals surface area contributed by atoms with Crippen LogP contribution < -0.4 is 10.6 Å². The molecule has 5 heteroatoms. The summed E-state index contributed by atoms with van der Waals surface area (Å²) in [6.07, 6.45) is 9.58. The van der Waals surface area contributed by atoms with Crippen molar-refractivity contribution in [3.05, 3.63) is 0 Å². The Labute approximate surface area is 195 Å². The normalized spacial score (nSPS) is 48.8. The van der Waals surface area contributed by atoms with E-state index in [0.717, 1.165) is 38.6 Å². The molecule has 4 rings (SSSR count). The van der Waals surface area contributed by atoms with E-state index < -0.39 is 0 Å². The van der Waals surface area contributed by atoms with Gasteiger partial charge in [0.25, 0.3) is 0 Å². The summed E-state index contributed by atoms with van der Waals surface area (Å²) in [6, 6.07) is -0.0930. The Morgan fingerprint density at radius 3 is 2.41 bits per heavy atom. The lowest BCUT2D eigenvalue weighted by molar-refractivity contribution is -0.203. The minimum absolute atomic E-state index is 0.0930. The van der Waals surface area contributed by atoms with Gasteiger partial charge < -0.3 is 20.8 Å². The molecule has 0 aromatic carbocycles. The van der Waals surface area contributed by atoms with Gasteiger partial charge in [0.05, 0.1) is 12.2 Å². The van der Waals surface area contributed by atoms with Crippen LogP contribution in [0.3, 0.4) is 0 Å². The van der Waals surface area contributed by atoms with E-state index in [9.17, 15) is 15.0 Å². The van der Waals surface area contributed by atoms with Gasteiger partial charge in [0.2, 0.25) is 0 Å². The number of aliphatic hydroxyl groups excluding tert-OH is 2. The lowest BCUT2D eigenvalue weighted by Crippen LogP contribution is -2.62. The molecule has 2 amide bonds. The molecule has 0 aromatic heterocycles. The van der Waals surface area contributed by atoms with Crippen molar-refractivity contribution in [1.29, 1.82) is 0 Å². The van der Waals surface area contributed by atoms with Crippen molar-refractivity contribution in [2.24, 2.45) is 52.3 Å². The fraction of sp³-hybridized carbons (Fsp3) is 0.963. The molecule has 0 saturated heterocycles. The van der Waals surface area contributed by atoms with E-state index in [0.29, 0.717) is 46.8 Å². The highest BCUT2D eigenvalue weighted by Gasteiger charge is 2.64. The van der Waals surface area contributed by atoms with Gasteiger partial charge in [0.15, 0.2) is 0 Å². The number of carbonyl (C=O) groups excluding carboxylic acids is 1. The van der Waals surface area contributed by atoms with Crippen molar-refractivity contribution in [3.63, 3.8) is 0 Å². The molecule has 0 aliphatic heterocycles. The molecule has 0 spiro atoms. The molecular weight excluding hydrogens is 400 g/mol. The first-order valence-corrected chi connectivity index (χ1v) is 13.5. The van der Waals surface area contributed by atoms with Crippen LogP contribution in [0.4, 0.5) is 4.79 Å². The zero-order valence-electron chi connectivity index (χ0n) is 21.1. The molecular formula is C27H48N2O3. The molecule has 11 atom stereocenters. The van der Waals surface area contributed by atoms with Crippen LogP contribution in [0.25, 0.3) is 0 Å². The van der Waals surface area contributed by atoms with Crippen molar-refractivity contribution < 1.29 is 15.0 Å². The van der Waals surface area contributed by atoms with Gasteiger partial charge in [-0.25, -0.2) is 4.79 Å². The van der Waals surface area contributed by atoms with Crippen LogP contribution in [-0.4, -0.2) is 42.0 Å². The standard InChI is InChI=1S/C27H48N2O3/c1-6-18-22-15-17(30)9-12-27(22,4)21-10-13-26(3)19(7-8-20(26)23(21)24(18)31)16(2)11-14-29-25(32)28-5/h16-24,30-31H,6-15H2,1-5H3,(H2,28,29,32)/t16-,17-,18-,19-,20+,21+,22?,23?,24-,26-,27-/m1/s1. The van der Waals surface area contributed by atoms with Crippen molar-refractivity contribution in [2.45, 2.75) is 97.7 Å². The summed E-state index contributed by atoms with van der Waals surface area (Å²) < 4.78 is 0. The molecule has 5 nitrogen and oxygen atoms in total. The summed E-state index contributed by atoms with van der Waals surface area (Å²) in [4.78, 5) is 11.6. The quantitative estimate of drug-likeness (QED) is 0.497. The average molecular weight is 449 g/mol. The summed E-state index contributed by atoms with van der Waals surface area (Å²) in [5, 5.41) is 27.8. The number of nitrogens with one attached hydrogen (secondary N) is 2. The van der Waals surface area contributed by atoms with E-state index in [1.165, 1.54) is 25.7 Å². The highest BCUT2D eigenvalue weighted by Crippen LogP contribution is 2.69. The van der Waals surface area contributed by atoms with Crippen molar-refractivity contribution in [1.82, 2.24) is 10.6 Å². The van der Waals surface area contributed by atoms with Gasteiger partial charge in [-0.15, -0.1) is 0 Å². The first kappa shape index (κ1) is 24.3. The molecule has 184 valence electrons. The van der Waals surface area contributed by atoms with Gasteiger partial charge in [-0.05, 0) is 104 Å². The monoisotopic (exact) mass is 448 g/mol. The Balaban J connectivity index is 1.54. The summed E-state index contributed by atoms with van der Waals surface area (Å²) in [5.74, 6) is 3.65.